The second-order valence-electron chi connectivity index (χ2n) is 8.67. The molecule has 2 atom stereocenters. The molecule has 0 spiro atoms. The third-order valence-corrected chi connectivity index (χ3v) is 9.42. The first-order chi connectivity index (χ1) is 9.17. The molecule has 0 fully saturated rings. The topological polar surface area (TPSA) is 26.3 Å². The van der Waals surface area contributed by atoms with Gasteiger partial charge in [-0.2, -0.15) is 0 Å². The highest BCUT2D eigenvalue weighted by Gasteiger charge is 2.43. The van der Waals surface area contributed by atoms with Crippen LogP contribution in [0.3, 0.4) is 0 Å². The predicted octanol–water partition coefficient (Wildman–Crippen LogP) is 5.45. The molecule has 0 radical (unpaired) electrons. The van der Waals surface area contributed by atoms with Crippen molar-refractivity contribution in [3.05, 3.63) is 12.7 Å². The summed E-state index contributed by atoms with van der Waals surface area (Å²) in [5.74, 6) is 0.417. The van der Waals surface area contributed by atoms with Gasteiger partial charge in [-0.05, 0) is 37.9 Å². The molecule has 124 valence electrons. The second-order valence-corrected chi connectivity index (χ2v) is 13.4. The van der Waals surface area contributed by atoms with E-state index >= 15 is 0 Å². The maximum atomic E-state index is 12.7. The Morgan fingerprint density at radius 1 is 1.10 bits per heavy atom. The lowest BCUT2D eigenvalue weighted by Gasteiger charge is -2.42. The molecule has 0 aliphatic heterocycles. The number of hydrogen-bond acceptors (Lipinski definition) is 2. The van der Waals surface area contributed by atoms with Crippen molar-refractivity contribution in [1.29, 1.82) is 0 Å². The molecule has 0 N–H and O–H groups in total. The van der Waals surface area contributed by atoms with Gasteiger partial charge in [0.25, 0.3) is 0 Å². The maximum Gasteiger partial charge on any atom is 0.192 e. The third kappa shape index (κ3) is 5.06. The van der Waals surface area contributed by atoms with Gasteiger partial charge >= 0.3 is 0 Å². The molecule has 0 unspecified atom stereocenters. The molecule has 0 amide bonds. The average molecular weight is 313 g/mol. The molecule has 21 heavy (non-hydrogen) atoms. The molecule has 2 nitrogen and oxygen atoms in total. The molecule has 0 aliphatic carbocycles. The monoisotopic (exact) mass is 312 g/mol. The molecule has 0 saturated heterocycles. The Hall–Kier alpha value is -0.413. The third-order valence-electron chi connectivity index (χ3n) is 4.95. The van der Waals surface area contributed by atoms with Crippen molar-refractivity contribution in [3.8, 4) is 0 Å². The van der Waals surface area contributed by atoms with Crippen molar-refractivity contribution >= 4 is 14.1 Å². The lowest BCUT2D eigenvalue weighted by Crippen LogP contribution is -2.49. The van der Waals surface area contributed by atoms with Gasteiger partial charge in [-0.3, -0.25) is 4.79 Å². The first-order valence-corrected chi connectivity index (χ1v) is 10.9. The zero-order valence-electron chi connectivity index (χ0n) is 15.8. The van der Waals surface area contributed by atoms with Crippen LogP contribution >= 0.6 is 0 Å². The van der Waals surface area contributed by atoms with Crippen molar-refractivity contribution in [1.82, 2.24) is 0 Å². The lowest BCUT2D eigenvalue weighted by atomic mass is 9.78. The average Bonchev–Trinajstić information content (AvgIpc) is 2.32. The second kappa shape index (κ2) is 6.78. The number of hydrogen-bond donors (Lipinski definition) is 0. The van der Waals surface area contributed by atoms with Crippen molar-refractivity contribution in [3.63, 3.8) is 0 Å². The maximum absolute atomic E-state index is 12.7. The summed E-state index contributed by atoms with van der Waals surface area (Å²) in [6.07, 6.45) is 1.72. The van der Waals surface area contributed by atoms with Gasteiger partial charge in [-0.25, -0.2) is 0 Å². The quantitative estimate of drug-likeness (QED) is 0.461. The van der Waals surface area contributed by atoms with Crippen LogP contribution in [0.1, 0.15) is 55.4 Å². The van der Waals surface area contributed by atoms with E-state index in [2.05, 4.69) is 54.3 Å². The van der Waals surface area contributed by atoms with Crippen LogP contribution in [-0.2, 0) is 9.22 Å². The van der Waals surface area contributed by atoms with Crippen LogP contribution in [0.15, 0.2) is 12.7 Å². The van der Waals surface area contributed by atoms with E-state index in [-0.39, 0.29) is 22.8 Å². The standard InChI is InChI=1S/C18H36O2Si/c1-12-18(8,9)16(19)14(4)15(13(2)3)20-21(10,11)17(5,6)7/h12-15H,1H2,2-11H3/t14-,15+/m1/s1. The van der Waals surface area contributed by atoms with Crippen LogP contribution < -0.4 is 0 Å². The summed E-state index contributed by atoms with van der Waals surface area (Å²) in [5.41, 5.74) is -0.497. The van der Waals surface area contributed by atoms with Gasteiger partial charge in [0.05, 0.1) is 6.10 Å². The molecule has 0 aromatic heterocycles. The first kappa shape index (κ1) is 20.6. The van der Waals surface area contributed by atoms with Crippen LogP contribution in [-0.4, -0.2) is 20.2 Å². The minimum Gasteiger partial charge on any atom is -0.413 e. The first-order valence-electron chi connectivity index (χ1n) is 8.03. The van der Waals surface area contributed by atoms with Gasteiger partial charge in [0.1, 0.15) is 5.78 Å². The molecule has 0 heterocycles. The minimum absolute atomic E-state index is 0.0300. The summed E-state index contributed by atoms with van der Waals surface area (Å²) in [5, 5.41) is 0.150. The van der Waals surface area contributed by atoms with Crippen molar-refractivity contribution in [2.24, 2.45) is 17.3 Å². The highest BCUT2D eigenvalue weighted by atomic mass is 28.4. The number of Topliss-reactive ketones (excluding diaryl/α,β-unsaturated/α-hetero) is 1. The predicted molar refractivity (Wildman–Crippen MR) is 95.1 cm³/mol. The summed E-state index contributed by atoms with van der Waals surface area (Å²) in [7, 11) is -1.89. The fourth-order valence-corrected chi connectivity index (χ4v) is 3.68. The SMILES string of the molecule is C=CC(C)(C)C(=O)[C@H](C)[C@@H](O[Si](C)(C)C(C)(C)C)C(C)C. The van der Waals surface area contributed by atoms with E-state index in [1.165, 1.54) is 0 Å². The van der Waals surface area contributed by atoms with Gasteiger partial charge < -0.3 is 4.43 Å². The minimum atomic E-state index is -1.89. The van der Waals surface area contributed by atoms with E-state index in [9.17, 15) is 4.79 Å². The van der Waals surface area contributed by atoms with E-state index in [1.54, 1.807) is 6.08 Å². The van der Waals surface area contributed by atoms with Crippen LogP contribution in [0.25, 0.3) is 0 Å². The van der Waals surface area contributed by atoms with Gasteiger partial charge in [0.2, 0.25) is 0 Å². The highest BCUT2D eigenvalue weighted by molar-refractivity contribution is 6.74. The van der Waals surface area contributed by atoms with Crippen molar-refractivity contribution in [2.45, 2.75) is 79.6 Å². The van der Waals surface area contributed by atoms with E-state index in [0.29, 0.717) is 5.92 Å². The smallest absolute Gasteiger partial charge is 0.192 e. The summed E-state index contributed by atoms with van der Waals surface area (Å²) < 4.78 is 6.57. The Balaban J connectivity index is 5.36. The summed E-state index contributed by atoms with van der Waals surface area (Å²) in [6.45, 7) is 25.2. The molecule has 0 aromatic rings. The largest absolute Gasteiger partial charge is 0.413 e. The normalized spacial score (nSPS) is 16.7. The van der Waals surface area contributed by atoms with Gasteiger partial charge in [0.15, 0.2) is 8.32 Å². The number of rotatable bonds is 7. The Morgan fingerprint density at radius 2 is 1.52 bits per heavy atom. The van der Waals surface area contributed by atoms with Gasteiger partial charge in [0, 0.05) is 11.3 Å². The molecule has 0 saturated carbocycles. The Bertz CT molecular complexity index is 375. The van der Waals surface area contributed by atoms with E-state index in [1.807, 2.05) is 20.8 Å². The van der Waals surface area contributed by atoms with Crippen molar-refractivity contribution < 1.29 is 9.22 Å². The van der Waals surface area contributed by atoms with E-state index in [0.717, 1.165) is 0 Å². The molecular formula is C18H36O2Si. The summed E-state index contributed by atoms with van der Waals surface area (Å²) in [6, 6.07) is 0. The number of carbonyl (C=O) groups excluding carboxylic acids is 1. The highest BCUT2D eigenvalue weighted by Crippen LogP contribution is 2.40. The molecule has 0 aromatic carbocycles. The van der Waals surface area contributed by atoms with E-state index in [4.69, 9.17) is 4.43 Å². The van der Waals surface area contributed by atoms with Crippen LogP contribution in [0.5, 0.6) is 0 Å². The number of allylic oxidation sites excluding steroid dienone is 1. The molecular weight excluding hydrogens is 276 g/mol. The van der Waals surface area contributed by atoms with Crippen molar-refractivity contribution in [2.75, 3.05) is 0 Å². The Kier molecular flexibility index (Phi) is 6.65. The zero-order chi connectivity index (χ0) is 17.2. The van der Waals surface area contributed by atoms with Crippen LogP contribution in [0, 0.1) is 17.3 Å². The van der Waals surface area contributed by atoms with Gasteiger partial charge in [-0.15, -0.1) is 6.58 Å². The summed E-state index contributed by atoms with van der Waals surface area (Å²) >= 11 is 0. The number of ketones is 1. The number of carbonyl (C=O) groups is 1. The molecule has 3 heteroatoms. The van der Waals surface area contributed by atoms with E-state index < -0.39 is 13.7 Å². The fourth-order valence-electron chi connectivity index (χ4n) is 2.17. The molecule has 0 aliphatic rings. The Morgan fingerprint density at radius 3 is 1.81 bits per heavy atom. The Labute approximate surface area is 133 Å². The lowest BCUT2D eigenvalue weighted by molar-refractivity contribution is -0.132. The van der Waals surface area contributed by atoms with Crippen LogP contribution in [0.2, 0.25) is 18.1 Å². The summed E-state index contributed by atoms with van der Waals surface area (Å²) in [4.78, 5) is 12.7. The zero-order valence-corrected chi connectivity index (χ0v) is 16.8. The van der Waals surface area contributed by atoms with Crippen LogP contribution in [0.4, 0.5) is 0 Å². The molecule has 0 rings (SSSR count). The molecule has 0 bridgehead atoms. The van der Waals surface area contributed by atoms with Gasteiger partial charge in [-0.1, -0.05) is 47.6 Å². The fraction of sp³-hybridized carbons (Fsp3) is 0.833.